The number of nitrogens with one attached hydrogen (secondary N) is 1. The standard InChI is InChI=1S/C23H26N2O6/c1-2-30-22-21(17(10-12-25-22)18(23(28)29)13-19(26)27)31-20(15-7-4-3-5-8-15)16-9-6-11-24-14-16/h3-5,7-8,10,12-13,16,20,24H,2,6,9,11,14H2,1H3,(H,26,27)(H,28,29)/b18-13+/t16-,20+/m0/s1. The van der Waals surface area contributed by atoms with Crippen LogP contribution in [0, 0.1) is 5.92 Å². The number of piperidine rings is 1. The van der Waals surface area contributed by atoms with Crippen molar-refractivity contribution in [3.8, 4) is 11.6 Å². The zero-order valence-electron chi connectivity index (χ0n) is 17.3. The van der Waals surface area contributed by atoms with Gasteiger partial charge < -0.3 is 25.0 Å². The van der Waals surface area contributed by atoms with Crippen LogP contribution < -0.4 is 14.8 Å². The highest BCUT2D eigenvalue weighted by Crippen LogP contribution is 2.40. The van der Waals surface area contributed by atoms with Gasteiger partial charge >= 0.3 is 11.9 Å². The van der Waals surface area contributed by atoms with Crippen molar-refractivity contribution in [3.63, 3.8) is 0 Å². The van der Waals surface area contributed by atoms with Crippen LogP contribution in [0.25, 0.3) is 5.57 Å². The predicted molar refractivity (Wildman–Crippen MR) is 114 cm³/mol. The number of rotatable bonds is 9. The van der Waals surface area contributed by atoms with Crippen LogP contribution in [0.5, 0.6) is 11.6 Å². The Morgan fingerprint density at radius 2 is 2.03 bits per heavy atom. The van der Waals surface area contributed by atoms with Gasteiger partial charge in [-0.3, -0.25) is 0 Å². The van der Waals surface area contributed by atoms with Gasteiger partial charge in [0.2, 0.25) is 0 Å². The minimum Gasteiger partial charge on any atom is -0.479 e. The van der Waals surface area contributed by atoms with Gasteiger partial charge in [0, 0.05) is 30.3 Å². The number of hydrogen-bond donors (Lipinski definition) is 3. The summed E-state index contributed by atoms with van der Waals surface area (Å²) in [5.41, 5.74) is 0.644. The lowest BCUT2D eigenvalue weighted by atomic mass is 9.89. The number of aliphatic carboxylic acids is 2. The van der Waals surface area contributed by atoms with E-state index in [2.05, 4.69) is 10.3 Å². The zero-order chi connectivity index (χ0) is 22.2. The molecular formula is C23H26N2O6. The maximum absolute atomic E-state index is 11.9. The third kappa shape index (κ3) is 5.61. The molecule has 3 rings (SSSR count). The summed E-state index contributed by atoms with van der Waals surface area (Å²) >= 11 is 0. The Kier molecular flexibility index (Phi) is 7.61. The van der Waals surface area contributed by atoms with Crippen molar-refractivity contribution < 1.29 is 29.3 Å². The fraction of sp³-hybridized carbons (Fsp3) is 0.348. The summed E-state index contributed by atoms with van der Waals surface area (Å²) in [7, 11) is 0. The number of nitrogens with zero attached hydrogens (tertiary/aromatic N) is 1. The smallest absolute Gasteiger partial charge is 0.336 e. The molecule has 164 valence electrons. The molecule has 2 aromatic rings. The molecule has 0 amide bonds. The van der Waals surface area contributed by atoms with Crippen LogP contribution in [0.15, 0.2) is 48.7 Å². The van der Waals surface area contributed by atoms with E-state index in [1.165, 1.54) is 12.3 Å². The molecular weight excluding hydrogens is 400 g/mol. The molecule has 0 bridgehead atoms. The molecule has 0 radical (unpaired) electrons. The van der Waals surface area contributed by atoms with E-state index in [1.807, 2.05) is 30.3 Å². The maximum Gasteiger partial charge on any atom is 0.336 e. The highest BCUT2D eigenvalue weighted by atomic mass is 16.5. The van der Waals surface area contributed by atoms with Crippen molar-refractivity contribution in [2.75, 3.05) is 19.7 Å². The van der Waals surface area contributed by atoms with Gasteiger partial charge in [0.25, 0.3) is 5.88 Å². The number of pyridine rings is 1. The van der Waals surface area contributed by atoms with Gasteiger partial charge in [-0.1, -0.05) is 30.3 Å². The fourth-order valence-electron chi connectivity index (χ4n) is 3.72. The summed E-state index contributed by atoms with van der Waals surface area (Å²) in [6.45, 7) is 3.75. The molecule has 1 aromatic heterocycles. The Hall–Kier alpha value is -3.39. The number of aromatic nitrogens is 1. The van der Waals surface area contributed by atoms with E-state index < -0.39 is 23.6 Å². The summed E-state index contributed by atoms with van der Waals surface area (Å²) in [5, 5.41) is 22.2. The number of carbonyl (C=O) groups is 2. The summed E-state index contributed by atoms with van der Waals surface area (Å²) in [5.74, 6) is -2.36. The van der Waals surface area contributed by atoms with E-state index in [0.29, 0.717) is 12.7 Å². The van der Waals surface area contributed by atoms with E-state index >= 15 is 0 Å². The number of ether oxygens (including phenoxy) is 2. The van der Waals surface area contributed by atoms with Crippen LogP contribution in [0.4, 0.5) is 0 Å². The molecule has 8 nitrogen and oxygen atoms in total. The van der Waals surface area contributed by atoms with Crippen LogP contribution in [0.2, 0.25) is 0 Å². The first-order valence-corrected chi connectivity index (χ1v) is 10.2. The Balaban J connectivity index is 2.11. The van der Waals surface area contributed by atoms with E-state index in [1.54, 1.807) is 6.92 Å². The van der Waals surface area contributed by atoms with Gasteiger partial charge in [0.15, 0.2) is 5.75 Å². The molecule has 1 aliphatic rings. The van der Waals surface area contributed by atoms with Gasteiger partial charge in [-0.15, -0.1) is 0 Å². The Morgan fingerprint density at radius 1 is 1.26 bits per heavy atom. The quantitative estimate of drug-likeness (QED) is 0.524. The second kappa shape index (κ2) is 10.6. The molecule has 0 aliphatic carbocycles. The maximum atomic E-state index is 11.9. The van der Waals surface area contributed by atoms with Crippen molar-refractivity contribution in [2.24, 2.45) is 5.92 Å². The van der Waals surface area contributed by atoms with Crippen molar-refractivity contribution in [1.29, 1.82) is 0 Å². The van der Waals surface area contributed by atoms with Crippen LogP contribution in [-0.2, 0) is 9.59 Å². The molecule has 0 spiro atoms. The van der Waals surface area contributed by atoms with Crippen LogP contribution in [-0.4, -0.2) is 46.8 Å². The average Bonchev–Trinajstić information content (AvgIpc) is 2.77. The normalized spacial score (nSPS) is 17.6. The average molecular weight is 426 g/mol. The summed E-state index contributed by atoms with van der Waals surface area (Å²) < 4.78 is 12.1. The molecule has 1 aliphatic heterocycles. The van der Waals surface area contributed by atoms with E-state index in [-0.39, 0.29) is 23.1 Å². The topological polar surface area (TPSA) is 118 Å². The lowest BCUT2D eigenvalue weighted by Gasteiger charge is -2.32. The Bertz CT molecular complexity index is 938. The second-order valence-electron chi connectivity index (χ2n) is 7.18. The minimum atomic E-state index is -1.38. The van der Waals surface area contributed by atoms with E-state index in [9.17, 15) is 19.8 Å². The van der Waals surface area contributed by atoms with Crippen molar-refractivity contribution >= 4 is 17.5 Å². The predicted octanol–water partition coefficient (Wildman–Crippen LogP) is 3.15. The first kappa shape index (κ1) is 22.3. The molecule has 3 N–H and O–H groups in total. The monoisotopic (exact) mass is 426 g/mol. The molecule has 2 atom stereocenters. The lowest BCUT2D eigenvalue weighted by Crippen LogP contribution is -2.35. The number of carboxylic acids is 2. The van der Waals surface area contributed by atoms with Gasteiger partial charge in [0.05, 0.1) is 12.2 Å². The van der Waals surface area contributed by atoms with E-state index in [0.717, 1.165) is 31.5 Å². The van der Waals surface area contributed by atoms with Gasteiger partial charge in [-0.05, 0) is 37.9 Å². The molecule has 2 heterocycles. The number of benzene rings is 1. The fourth-order valence-corrected chi connectivity index (χ4v) is 3.72. The van der Waals surface area contributed by atoms with Crippen LogP contribution in [0.3, 0.4) is 0 Å². The first-order valence-electron chi connectivity index (χ1n) is 10.2. The lowest BCUT2D eigenvalue weighted by molar-refractivity contribution is -0.133. The van der Waals surface area contributed by atoms with Gasteiger partial charge in [-0.2, -0.15) is 0 Å². The third-order valence-electron chi connectivity index (χ3n) is 5.08. The zero-order valence-corrected chi connectivity index (χ0v) is 17.3. The molecule has 0 saturated carbocycles. The third-order valence-corrected chi connectivity index (χ3v) is 5.08. The van der Waals surface area contributed by atoms with Crippen LogP contribution >= 0.6 is 0 Å². The highest BCUT2D eigenvalue weighted by molar-refractivity contribution is 6.20. The van der Waals surface area contributed by atoms with E-state index in [4.69, 9.17) is 9.47 Å². The number of carboxylic acid groups (broad SMARTS) is 2. The Morgan fingerprint density at radius 3 is 2.65 bits per heavy atom. The second-order valence-corrected chi connectivity index (χ2v) is 7.18. The Labute approximate surface area is 180 Å². The molecule has 31 heavy (non-hydrogen) atoms. The molecule has 0 unspecified atom stereocenters. The minimum absolute atomic E-state index is 0.109. The molecule has 1 aromatic carbocycles. The largest absolute Gasteiger partial charge is 0.479 e. The van der Waals surface area contributed by atoms with Crippen molar-refractivity contribution in [2.45, 2.75) is 25.9 Å². The van der Waals surface area contributed by atoms with Crippen LogP contribution in [0.1, 0.15) is 37.0 Å². The van der Waals surface area contributed by atoms with Gasteiger partial charge in [-0.25, -0.2) is 14.6 Å². The van der Waals surface area contributed by atoms with Gasteiger partial charge in [0.1, 0.15) is 6.10 Å². The van der Waals surface area contributed by atoms with Crippen molar-refractivity contribution in [1.82, 2.24) is 10.3 Å². The molecule has 1 fully saturated rings. The molecule has 1 saturated heterocycles. The summed E-state index contributed by atoms with van der Waals surface area (Å²) in [6, 6.07) is 11.1. The van der Waals surface area contributed by atoms with Crippen molar-refractivity contribution in [3.05, 3.63) is 59.8 Å². The number of hydrogen-bond acceptors (Lipinski definition) is 6. The highest BCUT2D eigenvalue weighted by Gasteiger charge is 2.30. The SMILES string of the molecule is CCOc1nccc(/C(=C\C(=O)O)C(=O)O)c1O[C@H](c1ccccc1)[C@H]1CCCNC1. The summed E-state index contributed by atoms with van der Waals surface area (Å²) in [4.78, 5) is 27.3. The first-order chi connectivity index (χ1) is 15.0. The molecule has 8 heteroatoms. The summed E-state index contributed by atoms with van der Waals surface area (Å²) in [6.07, 6.45) is 3.57.